The molecule has 5 heteroatoms. The highest BCUT2D eigenvalue weighted by Crippen LogP contribution is 2.25. The van der Waals surface area contributed by atoms with Gasteiger partial charge in [-0.25, -0.2) is 8.42 Å². The molecule has 0 aliphatic rings. The summed E-state index contributed by atoms with van der Waals surface area (Å²) in [6, 6.07) is 12.9. The number of benzene rings is 2. The summed E-state index contributed by atoms with van der Waals surface area (Å²) < 4.78 is 32.4. The fraction of sp³-hybridized carbons (Fsp3) is 0.375. The van der Waals surface area contributed by atoms with Crippen molar-refractivity contribution in [3.63, 3.8) is 0 Å². The molecule has 0 amide bonds. The van der Waals surface area contributed by atoms with Crippen LogP contribution in [0.1, 0.15) is 13.8 Å². The van der Waals surface area contributed by atoms with Crippen LogP contribution in [0.25, 0.3) is 10.8 Å². The van der Waals surface area contributed by atoms with E-state index in [9.17, 15) is 8.42 Å². The van der Waals surface area contributed by atoms with Crippen molar-refractivity contribution >= 4 is 20.8 Å². The summed E-state index contributed by atoms with van der Waals surface area (Å²) in [5, 5.41) is 1.69. The van der Waals surface area contributed by atoms with E-state index in [1.807, 2.05) is 44.2 Å². The molecule has 0 fully saturated rings. The molecule has 0 spiro atoms. The van der Waals surface area contributed by atoms with Crippen molar-refractivity contribution in [2.45, 2.75) is 18.7 Å². The monoisotopic (exact) mass is 307 g/mol. The number of hydrogen-bond acceptors (Lipinski definition) is 3. The molecule has 0 aromatic heterocycles. The van der Waals surface area contributed by atoms with Gasteiger partial charge in [-0.3, -0.25) is 0 Å². The first-order chi connectivity index (χ1) is 10.1. The second-order valence-electron chi connectivity index (χ2n) is 4.67. The molecule has 0 bridgehead atoms. The highest BCUT2D eigenvalue weighted by molar-refractivity contribution is 7.89. The Hall–Kier alpha value is -1.43. The van der Waals surface area contributed by atoms with E-state index in [2.05, 4.69) is 0 Å². The minimum absolute atomic E-state index is 0.360. The second-order valence-corrected chi connectivity index (χ2v) is 6.58. The minimum atomic E-state index is -3.50. The molecule has 0 atom stereocenters. The van der Waals surface area contributed by atoms with Gasteiger partial charge in [-0.2, -0.15) is 4.31 Å². The molecule has 2 aromatic carbocycles. The van der Waals surface area contributed by atoms with Gasteiger partial charge in [-0.05, 0) is 18.4 Å². The molecule has 0 saturated heterocycles. The van der Waals surface area contributed by atoms with Gasteiger partial charge in [0.05, 0.1) is 11.5 Å². The van der Waals surface area contributed by atoms with Crippen LogP contribution in [0, 0.1) is 0 Å². The summed E-state index contributed by atoms with van der Waals surface area (Å²) in [4.78, 5) is 0.360. The van der Waals surface area contributed by atoms with Gasteiger partial charge in [0.2, 0.25) is 10.0 Å². The molecule has 21 heavy (non-hydrogen) atoms. The Morgan fingerprint density at radius 1 is 1.05 bits per heavy atom. The Morgan fingerprint density at radius 2 is 1.76 bits per heavy atom. The van der Waals surface area contributed by atoms with Crippen LogP contribution in [0.3, 0.4) is 0 Å². The molecule has 0 unspecified atom stereocenters. The van der Waals surface area contributed by atoms with E-state index in [-0.39, 0.29) is 0 Å². The maximum atomic E-state index is 12.8. The molecule has 0 aliphatic carbocycles. The SMILES string of the molecule is CCOCCN(CC)S(=O)(=O)c1cccc2ccccc12. The summed E-state index contributed by atoms with van der Waals surface area (Å²) in [5.74, 6) is 0. The first-order valence-electron chi connectivity index (χ1n) is 7.17. The average molecular weight is 307 g/mol. The summed E-state index contributed by atoms with van der Waals surface area (Å²) in [7, 11) is -3.50. The third-order valence-corrected chi connectivity index (χ3v) is 5.44. The van der Waals surface area contributed by atoms with Crippen LogP contribution in [-0.4, -0.2) is 39.0 Å². The summed E-state index contributed by atoms with van der Waals surface area (Å²) in [6.45, 7) is 5.54. The van der Waals surface area contributed by atoms with Crippen molar-refractivity contribution in [2.75, 3.05) is 26.3 Å². The van der Waals surface area contributed by atoms with Gasteiger partial charge < -0.3 is 4.74 Å². The molecule has 0 N–H and O–H groups in total. The van der Waals surface area contributed by atoms with Gasteiger partial charge in [-0.15, -0.1) is 0 Å². The van der Waals surface area contributed by atoms with Crippen LogP contribution in [0.4, 0.5) is 0 Å². The molecular formula is C16H21NO3S. The largest absolute Gasteiger partial charge is 0.380 e. The van der Waals surface area contributed by atoms with Gasteiger partial charge in [-0.1, -0.05) is 43.3 Å². The van der Waals surface area contributed by atoms with Crippen LogP contribution >= 0.6 is 0 Å². The second kappa shape index (κ2) is 7.02. The Balaban J connectivity index is 2.40. The van der Waals surface area contributed by atoms with E-state index >= 15 is 0 Å². The fourth-order valence-electron chi connectivity index (χ4n) is 2.32. The third-order valence-electron chi connectivity index (χ3n) is 3.41. The first kappa shape index (κ1) is 15.9. The zero-order valence-corrected chi connectivity index (χ0v) is 13.3. The predicted octanol–water partition coefficient (Wildman–Crippen LogP) is 2.89. The third kappa shape index (κ3) is 3.43. The normalized spacial score (nSPS) is 12.1. The number of ether oxygens (including phenoxy) is 1. The molecule has 2 rings (SSSR count). The van der Waals surface area contributed by atoms with E-state index in [1.54, 1.807) is 12.1 Å². The van der Waals surface area contributed by atoms with Crippen molar-refractivity contribution in [3.8, 4) is 0 Å². The topological polar surface area (TPSA) is 46.6 Å². The van der Waals surface area contributed by atoms with Crippen LogP contribution < -0.4 is 0 Å². The van der Waals surface area contributed by atoms with Crippen LogP contribution in [0.15, 0.2) is 47.4 Å². The Labute approximate surface area is 126 Å². The molecule has 114 valence electrons. The van der Waals surface area contributed by atoms with Crippen LogP contribution in [-0.2, 0) is 14.8 Å². The Bertz CT molecular complexity index is 692. The van der Waals surface area contributed by atoms with Gasteiger partial charge in [0.15, 0.2) is 0 Å². The van der Waals surface area contributed by atoms with Crippen molar-refractivity contribution in [1.82, 2.24) is 4.31 Å². The fourth-order valence-corrected chi connectivity index (χ4v) is 3.97. The zero-order chi connectivity index (χ0) is 15.3. The minimum Gasteiger partial charge on any atom is -0.380 e. The van der Waals surface area contributed by atoms with Crippen LogP contribution in [0.5, 0.6) is 0 Å². The van der Waals surface area contributed by atoms with Crippen molar-refractivity contribution in [2.24, 2.45) is 0 Å². The lowest BCUT2D eigenvalue weighted by molar-refractivity contribution is 0.135. The molecule has 4 nitrogen and oxygen atoms in total. The van der Waals surface area contributed by atoms with E-state index in [4.69, 9.17) is 4.74 Å². The lowest BCUT2D eigenvalue weighted by atomic mass is 10.1. The van der Waals surface area contributed by atoms with Gasteiger partial charge in [0.1, 0.15) is 0 Å². The van der Waals surface area contributed by atoms with Crippen LogP contribution in [0.2, 0.25) is 0 Å². The molecule has 0 saturated carbocycles. The smallest absolute Gasteiger partial charge is 0.243 e. The Kier molecular flexibility index (Phi) is 5.33. The molecule has 0 aliphatic heterocycles. The predicted molar refractivity (Wildman–Crippen MR) is 84.9 cm³/mol. The number of sulfonamides is 1. The maximum Gasteiger partial charge on any atom is 0.243 e. The standard InChI is InChI=1S/C16H21NO3S/c1-3-17(12-13-20-4-2)21(18,19)16-11-7-9-14-8-5-6-10-15(14)16/h5-11H,3-4,12-13H2,1-2H3. The van der Waals surface area contributed by atoms with Crippen molar-refractivity contribution in [1.29, 1.82) is 0 Å². The lowest BCUT2D eigenvalue weighted by Gasteiger charge is -2.21. The first-order valence-corrected chi connectivity index (χ1v) is 8.61. The average Bonchev–Trinajstić information content (AvgIpc) is 2.50. The maximum absolute atomic E-state index is 12.8. The Morgan fingerprint density at radius 3 is 2.48 bits per heavy atom. The summed E-state index contributed by atoms with van der Waals surface area (Å²) in [6.07, 6.45) is 0. The van der Waals surface area contributed by atoms with E-state index < -0.39 is 10.0 Å². The molecular weight excluding hydrogens is 286 g/mol. The summed E-state index contributed by atoms with van der Waals surface area (Å²) >= 11 is 0. The van der Waals surface area contributed by atoms with Gasteiger partial charge >= 0.3 is 0 Å². The van der Waals surface area contributed by atoms with Crippen molar-refractivity contribution < 1.29 is 13.2 Å². The van der Waals surface area contributed by atoms with Crippen molar-refractivity contribution in [3.05, 3.63) is 42.5 Å². The molecule has 2 aromatic rings. The lowest BCUT2D eigenvalue weighted by Crippen LogP contribution is -2.34. The highest BCUT2D eigenvalue weighted by Gasteiger charge is 2.24. The molecule has 0 heterocycles. The quantitative estimate of drug-likeness (QED) is 0.739. The number of likely N-dealkylation sites (N-methyl/N-ethyl adjacent to an activating group) is 1. The number of hydrogen-bond donors (Lipinski definition) is 0. The van der Waals surface area contributed by atoms with E-state index in [1.165, 1.54) is 4.31 Å². The number of nitrogens with zero attached hydrogens (tertiary/aromatic N) is 1. The number of fused-ring (bicyclic) bond motifs is 1. The highest BCUT2D eigenvalue weighted by atomic mass is 32.2. The zero-order valence-electron chi connectivity index (χ0n) is 12.5. The summed E-state index contributed by atoms with van der Waals surface area (Å²) in [5.41, 5.74) is 0. The van der Waals surface area contributed by atoms with E-state index in [0.29, 0.717) is 31.2 Å². The number of rotatable bonds is 7. The molecule has 0 radical (unpaired) electrons. The van der Waals surface area contributed by atoms with Gasteiger partial charge in [0.25, 0.3) is 0 Å². The van der Waals surface area contributed by atoms with Gasteiger partial charge in [0, 0.05) is 25.1 Å². The van der Waals surface area contributed by atoms with E-state index in [0.717, 1.165) is 10.8 Å².